The molecule has 3 heteroatoms. The number of unbranched alkanes of at least 4 members (excludes halogenated alkanes) is 13. The summed E-state index contributed by atoms with van der Waals surface area (Å²) in [5, 5.41) is 0. The van der Waals surface area contributed by atoms with Gasteiger partial charge >= 0.3 is 0 Å². The Hall–Kier alpha value is -0.640. The molecule has 0 heterocycles. The van der Waals surface area contributed by atoms with Gasteiger partial charge in [-0.2, -0.15) is 0 Å². The molecule has 35 heavy (non-hydrogen) atoms. The van der Waals surface area contributed by atoms with Crippen LogP contribution in [0.1, 0.15) is 150 Å². The summed E-state index contributed by atoms with van der Waals surface area (Å²) < 4.78 is 12.2. The summed E-state index contributed by atoms with van der Waals surface area (Å²) in [4.78, 5) is 0. The maximum Gasteiger partial charge on any atom is 0.0802 e. The number of hydrogen-bond acceptors (Lipinski definition) is 3. The number of ether oxygens (including phenoxy) is 2. The third-order valence-corrected chi connectivity index (χ3v) is 6.90. The van der Waals surface area contributed by atoms with Crippen LogP contribution in [0.4, 0.5) is 0 Å². The van der Waals surface area contributed by atoms with E-state index >= 15 is 0 Å². The second-order valence-electron chi connectivity index (χ2n) is 11.0. The Morgan fingerprint density at radius 3 is 1.86 bits per heavy atom. The van der Waals surface area contributed by atoms with Crippen molar-refractivity contribution in [3.63, 3.8) is 0 Å². The second kappa shape index (κ2) is 25.0. The Labute approximate surface area is 220 Å². The van der Waals surface area contributed by atoms with E-state index in [1.54, 1.807) is 0 Å². The maximum absolute atomic E-state index is 6.41. The fourth-order valence-electron chi connectivity index (χ4n) is 4.30. The van der Waals surface area contributed by atoms with Gasteiger partial charge in [-0.25, -0.2) is 0 Å². The van der Waals surface area contributed by atoms with Crippen molar-refractivity contribution in [2.24, 2.45) is 5.73 Å². The summed E-state index contributed by atoms with van der Waals surface area (Å²) in [5.74, 6) is 0. The zero-order chi connectivity index (χ0) is 26.0. The van der Waals surface area contributed by atoms with Crippen molar-refractivity contribution >= 4 is 0 Å². The second-order valence-corrected chi connectivity index (χ2v) is 11.0. The molecule has 0 bridgehead atoms. The van der Waals surface area contributed by atoms with Crippen LogP contribution < -0.4 is 5.73 Å². The molecule has 0 aliphatic heterocycles. The first-order valence-electron chi connectivity index (χ1n) is 15.2. The Morgan fingerprint density at radius 2 is 1.20 bits per heavy atom. The molecule has 208 valence electrons. The minimum atomic E-state index is -0.345. The van der Waals surface area contributed by atoms with Gasteiger partial charge in [0, 0.05) is 6.61 Å². The lowest BCUT2D eigenvalue weighted by Crippen LogP contribution is -2.49. The van der Waals surface area contributed by atoms with Crippen LogP contribution in [0.15, 0.2) is 24.3 Å². The molecule has 0 saturated heterocycles. The molecule has 0 aliphatic carbocycles. The van der Waals surface area contributed by atoms with Gasteiger partial charge in [0.25, 0.3) is 0 Å². The van der Waals surface area contributed by atoms with Gasteiger partial charge in [-0.15, -0.1) is 0 Å². The molecule has 0 spiro atoms. The monoisotopic (exact) mass is 493 g/mol. The summed E-state index contributed by atoms with van der Waals surface area (Å²) in [7, 11) is 0. The molecule has 2 atom stereocenters. The van der Waals surface area contributed by atoms with Gasteiger partial charge in [0.15, 0.2) is 0 Å². The fourth-order valence-corrected chi connectivity index (χ4v) is 4.30. The number of hydrogen-bond donors (Lipinski definition) is 1. The van der Waals surface area contributed by atoms with Gasteiger partial charge in [0.05, 0.1) is 24.4 Å². The van der Waals surface area contributed by atoms with Crippen LogP contribution in [0.3, 0.4) is 0 Å². The van der Waals surface area contributed by atoms with E-state index < -0.39 is 0 Å². The lowest BCUT2D eigenvalue weighted by molar-refractivity contribution is -0.0941. The van der Waals surface area contributed by atoms with Gasteiger partial charge in [0.1, 0.15) is 0 Å². The number of allylic oxidation sites excluding steroid dienone is 4. The molecular formula is C32H63NO2. The van der Waals surface area contributed by atoms with Crippen molar-refractivity contribution in [3.8, 4) is 0 Å². The number of rotatable bonds is 26. The Balaban J connectivity index is 3.58. The van der Waals surface area contributed by atoms with Crippen LogP contribution in [-0.4, -0.2) is 31.0 Å². The van der Waals surface area contributed by atoms with Crippen LogP contribution in [0.5, 0.6) is 0 Å². The molecule has 0 aromatic rings. The highest BCUT2D eigenvalue weighted by Gasteiger charge is 2.29. The molecule has 3 nitrogen and oxygen atoms in total. The normalized spacial score (nSPS) is 14.3. The van der Waals surface area contributed by atoms with Crippen molar-refractivity contribution < 1.29 is 9.47 Å². The maximum atomic E-state index is 6.41. The Kier molecular flexibility index (Phi) is 24.6. The summed E-state index contributed by atoms with van der Waals surface area (Å²) in [6.07, 6.45) is 32.5. The molecule has 0 fully saturated rings. The zero-order valence-electron chi connectivity index (χ0n) is 24.5. The zero-order valence-corrected chi connectivity index (χ0v) is 24.5. The van der Waals surface area contributed by atoms with Crippen LogP contribution in [0.2, 0.25) is 0 Å². The van der Waals surface area contributed by atoms with Crippen LogP contribution in [0, 0.1) is 0 Å². The summed E-state index contributed by atoms with van der Waals surface area (Å²) in [6, 6.07) is -0.0883. The van der Waals surface area contributed by atoms with Gasteiger partial charge in [-0.05, 0) is 65.7 Å². The molecule has 0 aromatic carbocycles. The Morgan fingerprint density at radius 1 is 0.686 bits per heavy atom. The van der Waals surface area contributed by atoms with E-state index in [1.165, 1.54) is 96.3 Å². The van der Waals surface area contributed by atoms with Gasteiger partial charge in [-0.1, -0.05) is 109 Å². The van der Waals surface area contributed by atoms with Crippen molar-refractivity contribution in [1.82, 2.24) is 0 Å². The predicted octanol–water partition coefficient (Wildman–Crippen LogP) is 9.69. The van der Waals surface area contributed by atoms with Crippen molar-refractivity contribution in [2.45, 2.75) is 168 Å². The number of nitrogens with two attached hydrogens (primary N) is 1. The summed E-state index contributed by atoms with van der Waals surface area (Å²) >= 11 is 0. The largest absolute Gasteiger partial charge is 0.380 e. The van der Waals surface area contributed by atoms with Gasteiger partial charge in [-0.3, -0.25) is 0 Å². The molecule has 0 amide bonds. The molecule has 2 unspecified atom stereocenters. The van der Waals surface area contributed by atoms with Gasteiger partial charge in [0.2, 0.25) is 0 Å². The van der Waals surface area contributed by atoms with Crippen molar-refractivity contribution in [3.05, 3.63) is 24.3 Å². The Bertz CT molecular complexity index is 486. The predicted molar refractivity (Wildman–Crippen MR) is 156 cm³/mol. The molecule has 0 aromatic heterocycles. The highest BCUT2D eigenvalue weighted by molar-refractivity contribution is 4.92. The van der Waals surface area contributed by atoms with E-state index in [0.717, 1.165) is 25.9 Å². The molecule has 0 saturated carbocycles. The van der Waals surface area contributed by atoms with E-state index in [9.17, 15) is 0 Å². The SMILES string of the molecule is CCCCCC=CCC=CCCCCCCCCOCC(N)C(C)(C)OC(C)CCCCCCC. The van der Waals surface area contributed by atoms with Gasteiger partial charge < -0.3 is 15.2 Å². The van der Waals surface area contributed by atoms with Crippen molar-refractivity contribution in [1.29, 1.82) is 0 Å². The van der Waals surface area contributed by atoms with E-state index in [2.05, 4.69) is 58.9 Å². The first-order valence-corrected chi connectivity index (χ1v) is 15.2. The third kappa shape index (κ3) is 23.5. The first-order chi connectivity index (χ1) is 16.9. The molecule has 0 rings (SSSR count). The highest BCUT2D eigenvalue weighted by Crippen LogP contribution is 2.20. The summed E-state index contributed by atoms with van der Waals surface area (Å²) in [6.45, 7) is 12.3. The van der Waals surface area contributed by atoms with E-state index in [-0.39, 0.29) is 17.7 Å². The fraction of sp³-hybridized carbons (Fsp3) is 0.875. The average molecular weight is 494 g/mol. The minimum absolute atomic E-state index is 0.0883. The molecule has 0 radical (unpaired) electrons. The molecule has 0 aliphatic rings. The minimum Gasteiger partial charge on any atom is -0.380 e. The van der Waals surface area contributed by atoms with E-state index in [1.807, 2.05) is 0 Å². The van der Waals surface area contributed by atoms with Crippen LogP contribution in [-0.2, 0) is 9.47 Å². The standard InChI is InChI=1S/C32H63NO2/c1-6-8-10-12-13-14-15-16-17-18-19-20-21-22-24-26-28-34-29-31(33)32(4,5)35-30(3)27-25-23-11-9-7-2/h13-14,16-17,30-31H,6-12,15,18-29,33H2,1-5H3. The highest BCUT2D eigenvalue weighted by atomic mass is 16.5. The first kappa shape index (κ1) is 34.4. The van der Waals surface area contributed by atoms with Crippen molar-refractivity contribution in [2.75, 3.05) is 13.2 Å². The quantitative estimate of drug-likeness (QED) is 0.0963. The lowest BCUT2D eigenvalue weighted by Gasteiger charge is -2.34. The topological polar surface area (TPSA) is 44.5 Å². The lowest BCUT2D eigenvalue weighted by atomic mass is 9.99. The van der Waals surface area contributed by atoms with Crippen LogP contribution >= 0.6 is 0 Å². The summed E-state index contributed by atoms with van der Waals surface area (Å²) in [5.41, 5.74) is 6.06. The van der Waals surface area contributed by atoms with E-state index in [0.29, 0.717) is 6.61 Å². The smallest absolute Gasteiger partial charge is 0.0802 e. The average Bonchev–Trinajstić information content (AvgIpc) is 2.82. The molecule has 2 N–H and O–H groups in total. The molecular weight excluding hydrogens is 430 g/mol. The van der Waals surface area contributed by atoms with Crippen LogP contribution in [0.25, 0.3) is 0 Å². The van der Waals surface area contributed by atoms with E-state index in [4.69, 9.17) is 15.2 Å². The third-order valence-electron chi connectivity index (χ3n) is 6.90.